The lowest BCUT2D eigenvalue weighted by molar-refractivity contribution is 0.347. The van der Waals surface area contributed by atoms with Gasteiger partial charge in [-0.05, 0) is 18.2 Å². The van der Waals surface area contributed by atoms with Crippen LogP contribution in [0.15, 0.2) is 17.0 Å². The van der Waals surface area contributed by atoms with Gasteiger partial charge < -0.3 is 9.47 Å². The van der Waals surface area contributed by atoms with E-state index in [1.807, 2.05) is 0 Å². The van der Waals surface area contributed by atoms with Gasteiger partial charge in [-0.3, -0.25) is 0 Å². The highest BCUT2D eigenvalue weighted by atomic mass is 32.2. The Kier molecular flexibility index (Phi) is 3.00. The normalized spacial score (nSPS) is 11.1. The summed E-state index contributed by atoms with van der Waals surface area (Å²) in [5, 5.41) is 0. The maximum Gasteiger partial charge on any atom is 0.179 e. The van der Waals surface area contributed by atoms with E-state index in [1.165, 1.54) is 26.4 Å². The van der Waals surface area contributed by atoms with Crippen LogP contribution >= 0.6 is 0 Å². The predicted octanol–water partition coefficient (Wildman–Crippen LogP) is 0.907. The number of rotatable bonds is 3. The maximum absolute atomic E-state index is 11.3. The van der Waals surface area contributed by atoms with E-state index in [0.717, 1.165) is 6.26 Å². The van der Waals surface area contributed by atoms with E-state index in [1.54, 1.807) is 0 Å². The van der Waals surface area contributed by atoms with E-state index in [-0.39, 0.29) is 10.6 Å². The van der Waals surface area contributed by atoms with Crippen LogP contribution < -0.4 is 9.47 Å². The van der Waals surface area contributed by atoms with Crippen LogP contribution in [0.4, 0.5) is 0 Å². The highest BCUT2D eigenvalue weighted by Gasteiger charge is 2.17. The highest BCUT2D eigenvalue weighted by Crippen LogP contribution is 2.33. The summed E-state index contributed by atoms with van der Waals surface area (Å²) < 4.78 is 32.6. The first-order valence-corrected chi connectivity index (χ1v) is 5.72. The first-order chi connectivity index (χ1) is 6.50. The average Bonchev–Trinajstić information content (AvgIpc) is 2.15. The zero-order valence-electron chi connectivity index (χ0n) is 8.20. The van der Waals surface area contributed by atoms with Gasteiger partial charge >= 0.3 is 0 Å². The third-order valence-corrected chi connectivity index (χ3v) is 2.80. The van der Waals surface area contributed by atoms with Gasteiger partial charge in [0.1, 0.15) is 4.90 Å². The highest BCUT2D eigenvalue weighted by molar-refractivity contribution is 7.90. The molecular weight excluding hydrogens is 204 g/mol. The Balaban J connectivity index is 3.45. The molecule has 0 unspecified atom stereocenters. The Labute approximate surface area is 83.4 Å². The van der Waals surface area contributed by atoms with Crippen molar-refractivity contribution in [3.05, 3.63) is 18.2 Å². The molecule has 0 fully saturated rings. The maximum atomic E-state index is 11.3. The van der Waals surface area contributed by atoms with Crippen LogP contribution in [0, 0.1) is 6.07 Å². The SMILES string of the molecule is COc1c[c]cc(S(C)(=O)=O)c1OC. The first kappa shape index (κ1) is 10.8. The number of benzene rings is 1. The largest absolute Gasteiger partial charge is 0.493 e. The molecule has 1 aromatic rings. The molecule has 0 amide bonds. The van der Waals surface area contributed by atoms with Crippen molar-refractivity contribution in [2.75, 3.05) is 20.5 Å². The van der Waals surface area contributed by atoms with Crippen molar-refractivity contribution in [3.63, 3.8) is 0 Å². The smallest absolute Gasteiger partial charge is 0.179 e. The van der Waals surface area contributed by atoms with Crippen molar-refractivity contribution in [2.45, 2.75) is 4.90 Å². The minimum atomic E-state index is -3.31. The standard InChI is InChI=1S/C9H11O4S/c1-12-7-5-4-6-8(9(7)13-2)14(3,10)11/h5-6H,1-3H3. The Morgan fingerprint density at radius 1 is 1.21 bits per heavy atom. The fraction of sp³-hybridized carbons (Fsp3) is 0.333. The Bertz CT molecular complexity index is 422. The molecule has 0 saturated carbocycles. The van der Waals surface area contributed by atoms with E-state index in [2.05, 4.69) is 6.07 Å². The zero-order valence-corrected chi connectivity index (χ0v) is 9.01. The fourth-order valence-electron chi connectivity index (χ4n) is 1.07. The van der Waals surface area contributed by atoms with Gasteiger partial charge in [0.15, 0.2) is 21.3 Å². The third-order valence-electron chi connectivity index (χ3n) is 1.70. The summed E-state index contributed by atoms with van der Waals surface area (Å²) in [6.45, 7) is 0. The van der Waals surface area contributed by atoms with E-state index in [9.17, 15) is 8.42 Å². The molecule has 0 aliphatic carbocycles. The van der Waals surface area contributed by atoms with Gasteiger partial charge in [-0.25, -0.2) is 8.42 Å². The van der Waals surface area contributed by atoms with Crippen LogP contribution in [-0.2, 0) is 9.84 Å². The van der Waals surface area contributed by atoms with Crippen LogP contribution in [0.5, 0.6) is 11.5 Å². The molecule has 1 rings (SSSR count). The molecule has 0 bridgehead atoms. The molecule has 0 N–H and O–H groups in total. The molecule has 1 aromatic carbocycles. The van der Waals surface area contributed by atoms with Gasteiger partial charge in [-0.2, -0.15) is 0 Å². The van der Waals surface area contributed by atoms with Crippen LogP contribution in [0.25, 0.3) is 0 Å². The van der Waals surface area contributed by atoms with Crippen LogP contribution in [0.3, 0.4) is 0 Å². The second-order valence-corrected chi connectivity index (χ2v) is 4.68. The lowest BCUT2D eigenvalue weighted by Crippen LogP contribution is -2.02. The molecule has 0 saturated heterocycles. The van der Waals surface area contributed by atoms with Gasteiger partial charge in [0.25, 0.3) is 0 Å². The van der Waals surface area contributed by atoms with E-state index < -0.39 is 9.84 Å². The number of ether oxygens (including phenoxy) is 2. The van der Waals surface area contributed by atoms with Gasteiger partial charge in [0.2, 0.25) is 0 Å². The molecule has 14 heavy (non-hydrogen) atoms. The second-order valence-electron chi connectivity index (χ2n) is 2.69. The quantitative estimate of drug-likeness (QED) is 0.752. The predicted molar refractivity (Wildman–Crippen MR) is 51.5 cm³/mol. The Morgan fingerprint density at radius 2 is 1.86 bits per heavy atom. The minimum Gasteiger partial charge on any atom is -0.493 e. The van der Waals surface area contributed by atoms with Gasteiger partial charge in [0, 0.05) is 6.26 Å². The molecular formula is C9H11O4S. The monoisotopic (exact) mass is 215 g/mol. The summed E-state index contributed by atoms with van der Waals surface area (Å²) in [5.41, 5.74) is 0. The van der Waals surface area contributed by atoms with Gasteiger partial charge in [0.05, 0.1) is 14.2 Å². The number of methoxy groups -OCH3 is 2. The molecule has 0 aliphatic rings. The van der Waals surface area contributed by atoms with Crippen LogP contribution in [0.1, 0.15) is 0 Å². The summed E-state index contributed by atoms with van der Waals surface area (Å²) in [6.07, 6.45) is 1.11. The van der Waals surface area contributed by atoms with Crippen molar-refractivity contribution < 1.29 is 17.9 Å². The Hall–Kier alpha value is -1.23. The summed E-state index contributed by atoms with van der Waals surface area (Å²) in [6, 6.07) is 5.56. The third kappa shape index (κ3) is 1.98. The molecule has 77 valence electrons. The lowest BCUT2D eigenvalue weighted by atomic mass is 10.3. The molecule has 0 heterocycles. The summed E-state index contributed by atoms with van der Waals surface area (Å²) in [4.78, 5) is 0.0827. The minimum absolute atomic E-state index is 0.0827. The molecule has 0 spiro atoms. The number of hydrogen-bond acceptors (Lipinski definition) is 4. The van der Waals surface area contributed by atoms with E-state index >= 15 is 0 Å². The molecule has 0 atom stereocenters. The molecule has 5 heteroatoms. The molecule has 0 aromatic heterocycles. The Morgan fingerprint density at radius 3 is 2.29 bits per heavy atom. The summed E-state index contributed by atoms with van der Waals surface area (Å²) in [7, 11) is -0.477. The van der Waals surface area contributed by atoms with Gasteiger partial charge in [-0.1, -0.05) is 0 Å². The summed E-state index contributed by atoms with van der Waals surface area (Å²) in [5.74, 6) is 0.573. The van der Waals surface area contributed by atoms with Crippen molar-refractivity contribution in [1.29, 1.82) is 0 Å². The molecule has 1 radical (unpaired) electrons. The fourth-order valence-corrected chi connectivity index (χ4v) is 1.88. The topological polar surface area (TPSA) is 52.6 Å². The average molecular weight is 215 g/mol. The van der Waals surface area contributed by atoms with E-state index in [4.69, 9.17) is 9.47 Å². The number of sulfone groups is 1. The van der Waals surface area contributed by atoms with Gasteiger partial charge in [-0.15, -0.1) is 0 Å². The lowest BCUT2D eigenvalue weighted by Gasteiger charge is -2.10. The van der Waals surface area contributed by atoms with Crippen molar-refractivity contribution in [1.82, 2.24) is 0 Å². The molecule has 4 nitrogen and oxygen atoms in total. The van der Waals surface area contributed by atoms with Crippen LogP contribution in [0.2, 0.25) is 0 Å². The summed E-state index contributed by atoms with van der Waals surface area (Å²) >= 11 is 0. The second kappa shape index (κ2) is 3.88. The molecule has 0 aliphatic heterocycles. The van der Waals surface area contributed by atoms with Crippen molar-refractivity contribution in [3.8, 4) is 11.5 Å². The first-order valence-electron chi connectivity index (χ1n) is 3.83. The van der Waals surface area contributed by atoms with Crippen LogP contribution in [-0.4, -0.2) is 28.9 Å². The van der Waals surface area contributed by atoms with Crippen molar-refractivity contribution in [2.24, 2.45) is 0 Å². The van der Waals surface area contributed by atoms with E-state index in [0.29, 0.717) is 5.75 Å². The zero-order chi connectivity index (χ0) is 10.8. The number of hydrogen-bond donors (Lipinski definition) is 0. The van der Waals surface area contributed by atoms with Crippen molar-refractivity contribution >= 4 is 9.84 Å².